The van der Waals surface area contributed by atoms with E-state index < -0.39 is 6.10 Å². The SMILES string of the molecule is C=C[C@H]1C[N@+]2(Cc3ccc(Br)cc3)CC[C@H]1C[C@@H]2[C@@H](O)c1ccnc2ccc(OC)cc12. The van der Waals surface area contributed by atoms with Gasteiger partial charge in [-0.1, -0.05) is 34.1 Å². The van der Waals surface area contributed by atoms with Gasteiger partial charge in [0.25, 0.3) is 0 Å². The maximum atomic E-state index is 11.9. The molecule has 3 aliphatic heterocycles. The minimum absolute atomic E-state index is 0.144. The van der Waals surface area contributed by atoms with Gasteiger partial charge in [-0.3, -0.25) is 4.98 Å². The zero-order valence-corrected chi connectivity index (χ0v) is 20.0. The zero-order valence-electron chi connectivity index (χ0n) is 18.5. The number of pyridine rings is 1. The maximum Gasteiger partial charge on any atom is 0.131 e. The third-order valence-electron chi connectivity index (χ3n) is 7.75. The number of quaternary nitrogens is 1. The molecule has 1 N–H and O–H groups in total. The lowest BCUT2D eigenvalue weighted by Crippen LogP contribution is -2.67. The maximum absolute atomic E-state index is 11.9. The molecular weight excluding hydrogens is 464 g/mol. The minimum Gasteiger partial charge on any atom is -0.497 e. The number of aliphatic hydroxyl groups is 1. The Labute approximate surface area is 198 Å². The summed E-state index contributed by atoms with van der Waals surface area (Å²) >= 11 is 3.56. The average molecular weight is 494 g/mol. The lowest BCUT2D eigenvalue weighted by molar-refractivity contribution is -0.984. The quantitative estimate of drug-likeness (QED) is 0.356. The number of benzene rings is 2. The average Bonchev–Trinajstić information content (AvgIpc) is 2.84. The van der Waals surface area contributed by atoms with Crippen molar-refractivity contribution in [2.75, 3.05) is 20.2 Å². The van der Waals surface area contributed by atoms with Crippen LogP contribution in [0.2, 0.25) is 0 Å². The molecule has 2 aromatic carbocycles. The fourth-order valence-corrected chi connectivity index (χ4v) is 6.34. The Kier molecular flexibility index (Phi) is 5.82. The Morgan fingerprint density at radius 3 is 2.81 bits per heavy atom. The van der Waals surface area contributed by atoms with Crippen LogP contribution in [-0.2, 0) is 6.54 Å². The Bertz CT molecular complexity index is 1130. The van der Waals surface area contributed by atoms with Crippen LogP contribution in [0.5, 0.6) is 5.75 Å². The van der Waals surface area contributed by atoms with E-state index in [9.17, 15) is 5.11 Å². The van der Waals surface area contributed by atoms with Crippen LogP contribution in [0.4, 0.5) is 0 Å². The molecule has 4 heterocycles. The lowest BCUT2D eigenvalue weighted by atomic mass is 9.71. The third-order valence-corrected chi connectivity index (χ3v) is 8.28. The van der Waals surface area contributed by atoms with Gasteiger partial charge in [-0.05, 0) is 47.9 Å². The van der Waals surface area contributed by atoms with Gasteiger partial charge in [0.05, 0.1) is 25.7 Å². The smallest absolute Gasteiger partial charge is 0.131 e. The fraction of sp³-hybridized carbons (Fsp3) is 0.370. The van der Waals surface area contributed by atoms with Gasteiger partial charge in [-0.15, -0.1) is 6.58 Å². The summed E-state index contributed by atoms with van der Waals surface area (Å²) in [5, 5.41) is 12.8. The molecule has 3 aliphatic rings. The standard InChI is InChI=1S/C27H30BrN2O2/c1-3-19-17-30(16-18-4-6-21(28)7-5-18)13-11-20(19)14-26(30)27(31)23-10-12-29-25-9-8-22(32-2)15-24(23)25/h3-10,12,15,19-20,26-27,31H,1,11,13-14,16-17H2,2H3/q+1/t19-,20-,26+,27-,30+/m0/s1. The molecule has 5 heteroatoms. The highest BCUT2D eigenvalue weighted by molar-refractivity contribution is 9.10. The topological polar surface area (TPSA) is 42.4 Å². The molecular formula is C27H30BrN2O2+. The minimum atomic E-state index is -0.559. The van der Waals surface area contributed by atoms with Crippen molar-refractivity contribution in [2.45, 2.75) is 31.5 Å². The Balaban J connectivity index is 1.55. The molecule has 3 saturated heterocycles. The number of halogens is 1. The molecule has 166 valence electrons. The third kappa shape index (κ3) is 3.76. The monoisotopic (exact) mass is 493 g/mol. The Hall–Kier alpha value is -2.21. The number of aromatic nitrogens is 1. The van der Waals surface area contributed by atoms with Crippen molar-refractivity contribution in [2.24, 2.45) is 11.8 Å². The molecule has 32 heavy (non-hydrogen) atoms. The molecule has 0 amide bonds. The summed E-state index contributed by atoms with van der Waals surface area (Å²) < 4.78 is 7.46. The zero-order chi connectivity index (χ0) is 22.3. The van der Waals surface area contributed by atoms with Crippen molar-refractivity contribution in [1.82, 2.24) is 4.98 Å². The van der Waals surface area contributed by atoms with E-state index in [1.165, 1.54) is 12.0 Å². The first-order valence-electron chi connectivity index (χ1n) is 11.4. The summed E-state index contributed by atoms with van der Waals surface area (Å²) in [6.07, 6.45) is 5.61. The highest BCUT2D eigenvalue weighted by Crippen LogP contribution is 2.48. The number of methoxy groups -OCH3 is 1. The molecule has 0 aliphatic carbocycles. The van der Waals surface area contributed by atoms with Crippen LogP contribution < -0.4 is 4.74 Å². The van der Waals surface area contributed by atoms with Crippen molar-refractivity contribution in [1.29, 1.82) is 0 Å². The largest absolute Gasteiger partial charge is 0.497 e. The summed E-state index contributed by atoms with van der Waals surface area (Å²) in [5.74, 6) is 1.89. The van der Waals surface area contributed by atoms with E-state index in [0.29, 0.717) is 11.8 Å². The first-order valence-corrected chi connectivity index (χ1v) is 12.2. The van der Waals surface area contributed by atoms with Crippen LogP contribution in [0, 0.1) is 11.8 Å². The molecule has 0 spiro atoms. The van der Waals surface area contributed by atoms with Gasteiger partial charge in [0.15, 0.2) is 0 Å². The number of hydrogen-bond donors (Lipinski definition) is 1. The van der Waals surface area contributed by atoms with E-state index in [-0.39, 0.29) is 6.04 Å². The highest BCUT2D eigenvalue weighted by atomic mass is 79.9. The molecule has 0 unspecified atom stereocenters. The molecule has 1 aromatic heterocycles. The van der Waals surface area contributed by atoms with Gasteiger partial charge in [0.1, 0.15) is 24.4 Å². The van der Waals surface area contributed by atoms with Crippen molar-refractivity contribution in [3.8, 4) is 5.75 Å². The van der Waals surface area contributed by atoms with Crippen molar-refractivity contribution in [3.63, 3.8) is 0 Å². The number of aliphatic hydroxyl groups excluding tert-OH is 1. The van der Waals surface area contributed by atoms with E-state index >= 15 is 0 Å². The van der Waals surface area contributed by atoms with E-state index in [0.717, 1.165) is 57.2 Å². The second-order valence-corrected chi connectivity index (χ2v) is 10.3. The first-order chi connectivity index (χ1) is 15.5. The predicted molar refractivity (Wildman–Crippen MR) is 131 cm³/mol. The second kappa shape index (κ2) is 8.62. The first kappa shape index (κ1) is 21.6. The molecule has 3 aromatic rings. The van der Waals surface area contributed by atoms with Gasteiger partial charge < -0.3 is 14.3 Å². The lowest BCUT2D eigenvalue weighted by Gasteiger charge is -2.58. The van der Waals surface area contributed by atoms with Crippen LogP contribution in [-0.4, -0.2) is 40.8 Å². The summed E-state index contributed by atoms with van der Waals surface area (Å²) in [6, 6.07) is 16.7. The summed E-state index contributed by atoms with van der Waals surface area (Å²) in [5.41, 5.74) is 3.16. The van der Waals surface area contributed by atoms with E-state index in [4.69, 9.17) is 4.74 Å². The van der Waals surface area contributed by atoms with Crippen molar-refractivity contribution < 1.29 is 14.3 Å². The Morgan fingerprint density at radius 2 is 2.06 bits per heavy atom. The van der Waals surface area contributed by atoms with Gasteiger partial charge in [0, 0.05) is 40.4 Å². The van der Waals surface area contributed by atoms with E-state index in [1.807, 2.05) is 30.5 Å². The summed E-state index contributed by atoms with van der Waals surface area (Å²) in [6.45, 7) is 7.21. The highest BCUT2D eigenvalue weighted by Gasteiger charge is 2.53. The molecule has 0 saturated carbocycles. The van der Waals surface area contributed by atoms with Crippen molar-refractivity contribution in [3.05, 3.63) is 83.0 Å². The van der Waals surface area contributed by atoms with Gasteiger partial charge >= 0.3 is 0 Å². The van der Waals surface area contributed by atoms with E-state index in [1.54, 1.807) is 7.11 Å². The molecule has 4 nitrogen and oxygen atoms in total. The predicted octanol–water partition coefficient (Wildman–Crippen LogP) is 5.65. The molecule has 5 atom stereocenters. The fourth-order valence-electron chi connectivity index (χ4n) is 6.07. The van der Waals surface area contributed by atoms with Gasteiger partial charge in [-0.25, -0.2) is 0 Å². The van der Waals surface area contributed by atoms with Crippen LogP contribution in [0.3, 0.4) is 0 Å². The number of nitrogens with zero attached hydrogens (tertiary/aromatic N) is 2. The molecule has 0 radical (unpaired) electrons. The molecule has 6 rings (SSSR count). The number of fused-ring (bicyclic) bond motifs is 4. The summed E-state index contributed by atoms with van der Waals surface area (Å²) in [7, 11) is 1.67. The molecule has 3 fully saturated rings. The number of hydrogen-bond acceptors (Lipinski definition) is 3. The van der Waals surface area contributed by atoms with Crippen molar-refractivity contribution >= 4 is 26.8 Å². The van der Waals surface area contributed by atoms with Gasteiger partial charge in [0.2, 0.25) is 0 Å². The number of piperidine rings is 3. The Morgan fingerprint density at radius 1 is 1.25 bits per heavy atom. The number of rotatable bonds is 6. The van der Waals surface area contributed by atoms with E-state index in [2.05, 4.69) is 57.8 Å². The van der Waals surface area contributed by atoms with Gasteiger partial charge in [-0.2, -0.15) is 0 Å². The second-order valence-electron chi connectivity index (χ2n) is 9.39. The summed E-state index contributed by atoms with van der Waals surface area (Å²) in [4.78, 5) is 4.52. The number of ether oxygens (including phenoxy) is 1. The normalized spacial score (nSPS) is 27.9. The van der Waals surface area contributed by atoms with Crippen LogP contribution >= 0.6 is 15.9 Å². The van der Waals surface area contributed by atoms with Crippen LogP contribution in [0.15, 0.2) is 71.9 Å². The van der Waals surface area contributed by atoms with Crippen LogP contribution in [0.25, 0.3) is 10.9 Å². The van der Waals surface area contributed by atoms with Crippen LogP contribution in [0.1, 0.15) is 30.1 Å². The molecule has 2 bridgehead atoms.